The van der Waals surface area contributed by atoms with Crippen LogP contribution in [-0.4, -0.2) is 40.1 Å². The van der Waals surface area contributed by atoms with Crippen LogP contribution in [0.1, 0.15) is 28.9 Å². The number of aromatic nitrogens is 2. The number of hydrogen-bond donors (Lipinski definition) is 0. The van der Waals surface area contributed by atoms with Gasteiger partial charge in [0.15, 0.2) is 5.69 Å². The molecule has 0 radical (unpaired) electrons. The molecule has 110 valence electrons. The van der Waals surface area contributed by atoms with Crippen LogP contribution >= 0.6 is 11.5 Å². The van der Waals surface area contributed by atoms with E-state index in [1.54, 1.807) is 12.5 Å². The van der Waals surface area contributed by atoms with E-state index in [4.69, 9.17) is 4.74 Å². The number of ether oxygens (including phenoxy) is 1. The molecule has 1 fully saturated rings. The second kappa shape index (κ2) is 6.22. The minimum Gasteiger partial charge on any atom is -0.496 e. The Kier molecular flexibility index (Phi) is 4.15. The fraction of sp³-hybridized carbons (Fsp3) is 0.400. The number of hydrogen-bond acceptors (Lipinski definition) is 5. The first-order valence-electron chi connectivity index (χ1n) is 6.99. The van der Waals surface area contributed by atoms with Crippen molar-refractivity contribution in [2.75, 3.05) is 13.7 Å². The minimum atomic E-state index is -0.0128. The average molecular weight is 303 g/mol. The van der Waals surface area contributed by atoms with E-state index in [1.165, 1.54) is 11.5 Å². The van der Waals surface area contributed by atoms with Crippen molar-refractivity contribution in [3.05, 3.63) is 40.9 Å². The molecule has 1 aliphatic heterocycles. The number of methoxy groups -OCH3 is 1. The van der Waals surface area contributed by atoms with Crippen LogP contribution in [0.25, 0.3) is 0 Å². The molecule has 21 heavy (non-hydrogen) atoms. The quantitative estimate of drug-likeness (QED) is 0.870. The number of nitrogens with zero attached hydrogens (tertiary/aromatic N) is 3. The molecular weight excluding hydrogens is 286 g/mol. The Bertz CT molecular complexity index is 615. The van der Waals surface area contributed by atoms with Crippen molar-refractivity contribution in [2.24, 2.45) is 0 Å². The number of carbonyl (C=O) groups excluding carboxylic acids is 1. The molecule has 0 N–H and O–H groups in total. The van der Waals surface area contributed by atoms with Gasteiger partial charge < -0.3 is 9.64 Å². The van der Waals surface area contributed by atoms with Crippen molar-refractivity contribution in [3.8, 4) is 5.75 Å². The molecular formula is C15H17N3O2S. The molecule has 0 bridgehead atoms. The van der Waals surface area contributed by atoms with E-state index in [0.29, 0.717) is 5.69 Å². The Balaban J connectivity index is 1.77. The SMILES string of the molecule is COc1ccccc1CC1CCCN1C(=O)c1csnn1. The number of likely N-dealkylation sites (tertiary alicyclic amines) is 1. The van der Waals surface area contributed by atoms with Gasteiger partial charge in [-0.05, 0) is 42.4 Å². The van der Waals surface area contributed by atoms with Crippen molar-refractivity contribution in [1.29, 1.82) is 0 Å². The van der Waals surface area contributed by atoms with Crippen LogP contribution in [0.3, 0.4) is 0 Å². The highest BCUT2D eigenvalue weighted by Crippen LogP contribution is 2.27. The molecule has 1 aromatic heterocycles. The molecule has 0 saturated carbocycles. The maximum absolute atomic E-state index is 12.5. The van der Waals surface area contributed by atoms with Crippen LogP contribution in [-0.2, 0) is 6.42 Å². The molecule has 1 atom stereocenters. The molecule has 3 rings (SSSR count). The first-order valence-corrected chi connectivity index (χ1v) is 7.83. The summed E-state index contributed by atoms with van der Waals surface area (Å²) in [5, 5.41) is 5.60. The van der Waals surface area contributed by atoms with Crippen molar-refractivity contribution < 1.29 is 9.53 Å². The zero-order valence-electron chi connectivity index (χ0n) is 11.9. The van der Waals surface area contributed by atoms with E-state index < -0.39 is 0 Å². The average Bonchev–Trinajstić information content (AvgIpc) is 3.18. The summed E-state index contributed by atoms with van der Waals surface area (Å²) in [5.41, 5.74) is 1.59. The fourth-order valence-corrected chi connectivity index (χ4v) is 3.28. The highest BCUT2D eigenvalue weighted by molar-refractivity contribution is 7.03. The van der Waals surface area contributed by atoms with Crippen LogP contribution in [0.2, 0.25) is 0 Å². The van der Waals surface area contributed by atoms with Crippen molar-refractivity contribution in [3.63, 3.8) is 0 Å². The highest BCUT2D eigenvalue weighted by Gasteiger charge is 2.31. The monoisotopic (exact) mass is 303 g/mol. The molecule has 1 aliphatic rings. The summed E-state index contributed by atoms with van der Waals surface area (Å²) in [6.45, 7) is 0.788. The summed E-state index contributed by atoms with van der Waals surface area (Å²) in [5.74, 6) is 0.869. The Hall–Kier alpha value is -1.95. The summed E-state index contributed by atoms with van der Waals surface area (Å²) in [7, 11) is 1.68. The Labute approximate surface area is 127 Å². The number of rotatable bonds is 4. The van der Waals surface area contributed by atoms with Crippen molar-refractivity contribution in [1.82, 2.24) is 14.5 Å². The van der Waals surface area contributed by atoms with E-state index in [2.05, 4.69) is 15.7 Å². The molecule has 5 nitrogen and oxygen atoms in total. The van der Waals surface area contributed by atoms with Gasteiger partial charge in [0.05, 0.1) is 7.11 Å². The van der Waals surface area contributed by atoms with Gasteiger partial charge in [-0.1, -0.05) is 22.7 Å². The second-order valence-electron chi connectivity index (χ2n) is 5.10. The molecule has 1 unspecified atom stereocenters. The zero-order chi connectivity index (χ0) is 14.7. The predicted octanol–water partition coefficient (Wildman–Crippen LogP) is 2.39. The largest absolute Gasteiger partial charge is 0.496 e. The summed E-state index contributed by atoms with van der Waals surface area (Å²) in [4.78, 5) is 14.4. The lowest BCUT2D eigenvalue weighted by Gasteiger charge is -2.24. The van der Waals surface area contributed by atoms with Crippen LogP contribution in [0.4, 0.5) is 0 Å². The van der Waals surface area contributed by atoms with Gasteiger partial charge in [-0.25, -0.2) is 0 Å². The van der Waals surface area contributed by atoms with E-state index in [1.807, 2.05) is 23.1 Å². The van der Waals surface area contributed by atoms with E-state index in [9.17, 15) is 4.79 Å². The molecule has 0 aliphatic carbocycles. The van der Waals surface area contributed by atoms with Crippen LogP contribution in [0.5, 0.6) is 5.75 Å². The summed E-state index contributed by atoms with van der Waals surface area (Å²) in [6.07, 6.45) is 2.86. The third-order valence-corrected chi connectivity index (χ3v) is 4.37. The smallest absolute Gasteiger partial charge is 0.275 e. The van der Waals surface area contributed by atoms with E-state index in [-0.39, 0.29) is 11.9 Å². The van der Waals surface area contributed by atoms with Gasteiger partial charge in [0.1, 0.15) is 5.75 Å². The number of carbonyl (C=O) groups is 1. The number of amides is 1. The third kappa shape index (κ3) is 2.90. The first-order chi connectivity index (χ1) is 10.3. The maximum Gasteiger partial charge on any atom is 0.275 e. The van der Waals surface area contributed by atoms with Crippen LogP contribution in [0, 0.1) is 0 Å². The van der Waals surface area contributed by atoms with Crippen LogP contribution < -0.4 is 4.74 Å². The van der Waals surface area contributed by atoms with Gasteiger partial charge in [0.2, 0.25) is 0 Å². The van der Waals surface area contributed by atoms with Crippen molar-refractivity contribution >= 4 is 17.4 Å². The first kappa shape index (κ1) is 14.0. The van der Waals surface area contributed by atoms with Gasteiger partial charge >= 0.3 is 0 Å². The topological polar surface area (TPSA) is 55.3 Å². The summed E-state index contributed by atoms with van der Waals surface area (Å²) < 4.78 is 9.17. The Morgan fingerprint density at radius 3 is 3.10 bits per heavy atom. The highest BCUT2D eigenvalue weighted by atomic mass is 32.1. The second-order valence-corrected chi connectivity index (χ2v) is 5.71. The Morgan fingerprint density at radius 1 is 1.48 bits per heavy atom. The van der Waals surface area contributed by atoms with Gasteiger partial charge in [-0.2, -0.15) is 0 Å². The predicted molar refractivity (Wildman–Crippen MR) is 80.7 cm³/mol. The lowest BCUT2D eigenvalue weighted by Crippen LogP contribution is -2.37. The van der Waals surface area contributed by atoms with Gasteiger partial charge in [-0.15, -0.1) is 5.10 Å². The summed E-state index contributed by atoms with van der Waals surface area (Å²) in [6, 6.07) is 8.19. The van der Waals surface area contributed by atoms with Crippen molar-refractivity contribution in [2.45, 2.75) is 25.3 Å². The molecule has 0 spiro atoms. The van der Waals surface area contributed by atoms with Gasteiger partial charge in [-0.3, -0.25) is 4.79 Å². The zero-order valence-corrected chi connectivity index (χ0v) is 12.7. The number of benzene rings is 1. The third-order valence-electron chi connectivity index (χ3n) is 3.87. The number of para-hydroxylation sites is 1. The lowest BCUT2D eigenvalue weighted by molar-refractivity contribution is 0.0730. The molecule has 1 aromatic carbocycles. The molecule has 2 heterocycles. The summed E-state index contributed by atoms with van der Waals surface area (Å²) >= 11 is 1.21. The Morgan fingerprint density at radius 2 is 2.33 bits per heavy atom. The molecule has 1 saturated heterocycles. The van der Waals surface area contributed by atoms with Crippen LogP contribution in [0.15, 0.2) is 29.6 Å². The normalized spacial score (nSPS) is 18.0. The standard InChI is InChI=1S/C15H17N3O2S/c1-20-14-7-3-2-5-11(14)9-12-6-4-8-18(12)15(19)13-10-21-17-16-13/h2-3,5,7,10,12H,4,6,8-9H2,1H3. The molecule has 2 aromatic rings. The van der Waals surface area contributed by atoms with Gasteiger partial charge in [0.25, 0.3) is 5.91 Å². The lowest BCUT2D eigenvalue weighted by atomic mass is 10.0. The van der Waals surface area contributed by atoms with E-state index in [0.717, 1.165) is 37.1 Å². The minimum absolute atomic E-state index is 0.0128. The van der Waals surface area contributed by atoms with E-state index >= 15 is 0 Å². The molecule has 1 amide bonds. The maximum atomic E-state index is 12.5. The fourth-order valence-electron chi connectivity index (χ4n) is 2.85. The molecule has 6 heteroatoms. The van der Waals surface area contributed by atoms with Gasteiger partial charge in [0, 0.05) is 18.0 Å².